The van der Waals surface area contributed by atoms with Crippen LogP contribution in [0.3, 0.4) is 0 Å². The molecule has 1 rings (SSSR count). The van der Waals surface area contributed by atoms with Crippen molar-refractivity contribution in [2.24, 2.45) is 17.8 Å². The van der Waals surface area contributed by atoms with Crippen molar-refractivity contribution in [3.05, 3.63) is 12.2 Å². The molecule has 0 N–H and O–H groups in total. The first-order chi connectivity index (χ1) is 8.69. The Morgan fingerprint density at radius 1 is 1.22 bits per heavy atom. The molecule has 18 heavy (non-hydrogen) atoms. The molecule has 0 radical (unpaired) electrons. The lowest BCUT2D eigenvalue weighted by Gasteiger charge is -2.33. The number of hydrogen-bond donors (Lipinski definition) is 0. The van der Waals surface area contributed by atoms with Gasteiger partial charge in [-0.05, 0) is 43.9 Å². The second-order valence-corrected chi connectivity index (χ2v) is 5.96. The highest BCUT2D eigenvalue weighted by atomic mass is 16.1. The van der Waals surface area contributed by atoms with E-state index in [2.05, 4.69) is 32.9 Å². The van der Waals surface area contributed by atoms with E-state index >= 15 is 0 Å². The lowest BCUT2D eigenvalue weighted by atomic mass is 9.71. The smallest absolute Gasteiger partial charge is 0.136 e. The number of unbranched alkanes of at least 4 members (excludes halogenated alkanes) is 1. The van der Waals surface area contributed by atoms with Gasteiger partial charge in [0.1, 0.15) is 5.78 Å². The number of Topliss-reactive ketones (excluding diaryl/α,β-unsaturated/α-hetero) is 1. The van der Waals surface area contributed by atoms with Crippen molar-refractivity contribution in [3.63, 3.8) is 0 Å². The van der Waals surface area contributed by atoms with Gasteiger partial charge in [0.25, 0.3) is 0 Å². The van der Waals surface area contributed by atoms with Crippen LogP contribution >= 0.6 is 0 Å². The highest BCUT2D eigenvalue weighted by Crippen LogP contribution is 2.36. The average Bonchev–Trinajstić information content (AvgIpc) is 2.34. The zero-order valence-electron chi connectivity index (χ0n) is 12.5. The number of rotatable bonds is 7. The molecule has 104 valence electrons. The van der Waals surface area contributed by atoms with Crippen molar-refractivity contribution < 1.29 is 4.79 Å². The number of carbonyl (C=O) groups excluding carboxylic acids is 1. The molecule has 1 nitrogen and oxygen atoms in total. The van der Waals surface area contributed by atoms with Crippen LogP contribution in [0.15, 0.2) is 12.2 Å². The van der Waals surface area contributed by atoms with Crippen LogP contribution in [0.1, 0.15) is 72.1 Å². The van der Waals surface area contributed by atoms with Crippen LogP contribution in [0.2, 0.25) is 0 Å². The fourth-order valence-electron chi connectivity index (χ4n) is 3.23. The second kappa shape index (κ2) is 8.50. The van der Waals surface area contributed by atoms with Crippen molar-refractivity contribution in [2.45, 2.75) is 72.1 Å². The van der Waals surface area contributed by atoms with Gasteiger partial charge in [-0.25, -0.2) is 0 Å². The Balaban J connectivity index is 2.36. The van der Waals surface area contributed by atoms with E-state index in [-0.39, 0.29) is 0 Å². The van der Waals surface area contributed by atoms with Gasteiger partial charge in [0, 0.05) is 12.3 Å². The third-order valence-electron chi connectivity index (χ3n) is 4.31. The third kappa shape index (κ3) is 4.96. The summed E-state index contributed by atoms with van der Waals surface area (Å²) in [6.45, 7) is 6.66. The van der Waals surface area contributed by atoms with Gasteiger partial charge in [-0.3, -0.25) is 4.79 Å². The largest absolute Gasteiger partial charge is 0.299 e. The van der Waals surface area contributed by atoms with Gasteiger partial charge in [-0.15, -0.1) is 0 Å². The first-order valence-electron chi connectivity index (χ1n) is 7.86. The van der Waals surface area contributed by atoms with Crippen molar-refractivity contribution in [1.29, 1.82) is 0 Å². The predicted octanol–water partition coefficient (Wildman–Crippen LogP) is 5.15. The van der Waals surface area contributed by atoms with Crippen LogP contribution in [0.4, 0.5) is 0 Å². The molecule has 0 aromatic rings. The van der Waals surface area contributed by atoms with Gasteiger partial charge in [0.05, 0.1) is 0 Å². The van der Waals surface area contributed by atoms with Crippen LogP contribution < -0.4 is 0 Å². The summed E-state index contributed by atoms with van der Waals surface area (Å²) >= 11 is 0. The van der Waals surface area contributed by atoms with E-state index in [1.54, 1.807) is 0 Å². The first kappa shape index (κ1) is 15.5. The summed E-state index contributed by atoms with van der Waals surface area (Å²) in [6.07, 6.45) is 13.6. The Morgan fingerprint density at radius 3 is 2.61 bits per heavy atom. The molecule has 1 saturated carbocycles. The number of hydrogen-bond acceptors (Lipinski definition) is 1. The van der Waals surface area contributed by atoms with Gasteiger partial charge in [0.2, 0.25) is 0 Å². The standard InChI is InChI=1S/C17H30O/c1-4-6-8-9-10-15-12-14(3)16(11-7-5-2)17(18)13-15/h6,8,14-16H,4-5,7,9-13H2,1-3H3/b8-6-/t14-,15+,16?/m1/s1. The molecule has 3 atom stereocenters. The summed E-state index contributed by atoms with van der Waals surface area (Å²) in [5, 5.41) is 0. The second-order valence-electron chi connectivity index (χ2n) is 5.96. The SMILES string of the molecule is CC/C=C\CC[C@@H]1CC(=O)C(CCCC)[C@H](C)C1. The van der Waals surface area contributed by atoms with Gasteiger partial charge >= 0.3 is 0 Å². The van der Waals surface area contributed by atoms with Crippen molar-refractivity contribution in [1.82, 2.24) is 0 Å². The summed E-state index contributed by atoms with van der Waals surface area (Å²) in [5.74, 6) is 2.17. The summed E-state index contributed by atoms with van der Waals surface area (Å²) in [4.78, 5) is 12.2. The van der Waals surface area contributed by atoms with E-state index in [4.69, 9.17) is 0 Å². The summed E-state index contributed by atoms with van der Waals surface area (Å²) in [7, 11) is 0. The van der Waals surface area contributed by atoms with Gasteiger partial charge < -0.3 is 0 Å². The van der Waals surface area contributed by atoms with E-state index in [9.17, 15) is 4.79 Å². The lowest BCUT2D eigenvalue weighted by Crippen LogP contribution is -2.31. The zero-order chi connectivity index (χ0) is 13.4. The maximum absolute atomic E-state index is 12.2. The Hall–Kier alpha value is -0.590. The maximum Gasteiger partial charge on any atom is 0.136 e. The fraction of sp³-hybridized carbons (Fsp3) is 0.824. The topological polar surface area (TPSA) is 17.1 Å². The molecule has 0 bridgehead atoms. The molecule has 0 saturated heterocycles. The Kier molecular flexibility index (Phi) is 7.31. The van der Waals surface area contributed by atoms with E-state index in [1.165, 1.54) is 25.7 Å². The Labute approximate surface area is 113 Å². The van der Waals surface area contributed by atoms with Crippen molar-refractivity contribution in [3.8, 4) is 0 Å². The normalized spacial score (nSPS) is 29.1. The molecular weight excluding hydrogens is 220 g/mol. The summed E-state index contributed by atoms with van der Waals surface area (Å²) < 4.78 is 0. The molecule has 1 heteroatoms. The Morgan fingerprint density at radius 2 is 2.00 bits per heavy atom. The molecule has 0 aromatic carbocycles. The van der Waals surface area contributed by atoms with E-state index in [0.29, 0.717) is 23.5 Å². The van der Waals surface area contributed by atoms with E-state index in [1.807, 2.05) is 0 Å². The molecule has 0 spiro atoms. The van der Waals surface area contributed by atoms with Gasteiger partial charge in [-0.2, -0.15) is 0 Å². The fourth-order valence-corrected chi connectivity index (χ4v) is 3.23. The predicted molar refractivity (Wildman–Crippen MR) is 78.6 cm³/mol. The lowest BCUT2D eigenvalue weighted by molar-refractivity contribution is -0.128. The van der Waals surface area contributed by atoms with E-state index < -0.39 is 0 Å². The molecule has 1 fully saturated rings. The highest BCUT2D eigenvalue weighted by molar-refractivity contribution is 5.82. The molecule has 1 aliphatic rings. The van der Waals surface area contributed by atoms with Gasteiger partial charge in [0.15, 0.2) is 0 Å². The average molecular weight is 250 g/mol. The van der Waals surface area contributed by atoms with Crippen LogP contribution in [-0.4, -0.2) is 5.78 Å². The number of carbonyl (C=O) groups is 1. The van der Waals surface area contributed by atoms with Crippen LogP contribution in [-0.2, 0) is 4.79 Å². The van der Waals surface area contributed by atoms with E-state index in [0.717, 1.165) is 25.7 Å². The summed E-state index contributed by atoms with van der Waals surface area (Å²) in [6, 6.07) is 0. The minimum absolute atomic E-state index is 0.368. The molecular formula is C17H30O. The molecule has 0 aromatic heterocycles. The minimum atomic E-state index is 0.368. The minimum Gasteiger partial charge on any atom is -0.299 e. The first-order valence-corrected chi connectivity index (χ1v) is 7.86. The molecule has 1 aliphatic carbocycles. The van der Waals surface area contributed by atoms with Crippen molar-refractivity contribution >= 4 is 5.78 Å². The molecule has 0 aliphatic heterocycles. The van der Waals surface area contributed by atoms with Crippen molar-refractivity contribution in [2.75, 3.05) is 0 Å². The number of allylic oxidation sites excluding steroid dienone is 2. The molecule has 0 heterocycles. The van der Waals surface area contributed by atoms with Crippen LogP contribution in [0, 0.1) is 17.8 Å². The number of ketones is 1. The quantitative estimate of drug-likeness (QED) is 0.571. The zero-order valence-corrected chi connectivity index (χ0v) is 12.5. The maximum atomic E-state index is 12.2. The molecule has 0 amide bonds. The van der Waals surface area contributed by atoms with Gasteiger partial charge in [-0.1, -0.05) is 45.8 Å². The Bertz CT molecular complexity index is 267. The van der Waals surface area contributed by atoms with Crippen LogP contribution in [0.5, 0.6) is 0 Å². The monoisotopic (exact) mass is 250 g/mol. The third-order valence-corrected chi connectivity index (χ3v) is 4.31. The highest BCUT2D eigenvalue weighted by Gasteiger charge is 2.32. The van der Waals surface area contributed by atoms with Crippen LogP contribution in [0.25, 0.3) is 0 Å². The molecule has 1 unspecified atom stereocenters. The summed E-state index contributed by atoms with van der Waals surface area (Å²) in [5.41, 5.74) is 0.